The fourth-order valence-electron chi connectivity index (χ4n) is 2.31. The lowest BCUT2D eigenvalue weighted by Crippen LogP contribution is -2.30. The summed E-state index contributed by atoms with van der Waals surface area (Å²) >= 11 is 0. The van der Waals surface area contributed by atoms with Gasteiger partial charge >= 0.3 is 6.18 Å². The van der Waals surface area contributed by atoms with Gasteiger partial charge in [-0.15, -0.1) is 0 Å². The van der Waals surface area contributed by atoms with E-state index in [1.165, 1.54) is 18.2 Å². The Balaban J connectivity index is 2.26. The summed E-state index contributed by atoms with van der Waals surface area (Å²) in [5, 5.41) is 25.6. The van der Waals surface area contributed by atoms with Gasteiger partial charge in [0.2, 0.25) is 5.95 Å². The molecule has 0 saturated carbocycles. The van der Waals surface area contributed by atoms with Crippen molar-refractivity contribution in [2.45, 2.75) is 32.6 Å². The van der Waals surface area contributed by atoms with E-state index in [9.17, 15) is 28.4 Å². The standard InChI is InChI=1S/C17H20F3N5O3/c1-10(2)13(9-26)22-16-23-14(17(18,19)20)7-15(24-16)21-8-11-4-3-5-12(6-11)25(27)28/h3-7,10,13,26H,8-9H2,1-2H3,(H2,21,22,23,24)/t13-/m0/s1. The molecule has 1 aromatic heterocycles. The molecule has 0 spiro atoms. The van der Waals surface area contributed by atoms with Crippen molar-refractivity contribution in [3.05, 3.63) is 51.7 Å². The highest BCUT2D eigenvalue weighted by Crippen LogP contribution is 2.30. The lowest BCUT2D eigenvalue weighted by Gasteiger charge is -2.21. The maximum absolute atomic E-state index is 13.2. The number of nitrogens with one attached hydrogen (secondary N) is 2. The van der Waals surface area contributed by atoms with Gasteiger partial charge in [0.25, 0.3) is 5.69 Å². The van der Waals surface area contributed by atoms with Crippen molar-refractivity contribution < 1.29 is 23.2 Å². The number of hydrogen-bond donors (Lipinski definition) is 3. The Morgan fingerprint density at radius 2 is 1.96 bits per heavy atom. The fraction of sp³-hybridized carbons (Fsp3) is 0.412. The molecule has 152 valence electrons. The molecule has 0 aliphatic heterocycles. The molecular formula is C17H20F3N5O3. The summed E-state index contributed by atoms with van der Waals surface area (Å²) < 4.78 is 39.5. The zero-order valence-electron chi connectivity index (χ0n) is 15.2. The van der Waals surface area contributed by atoms with Crippen LogP contribution in [0.1, 0.15) is 25.1 Å². The molecule has 2 aromatic rings. The van der Waals surface area contributed by atoms with Crippen molar-refractivity contribution in [1.29, 1.82) is 0 Å². The molecule has 8 nitrogen and oxygen atoms in total. The zero-order valence-corrected chi connectivity index (χ0v) is 15.2. The van der Waals surface area contributed by atoms with Gasteiger partial charge in [0.1, 0.15) is 5.82 Å². The Labute approximate surface area is 159 Å². The van der Waals surface area contributed by atoms with Crippen LogP contribution in [-0.2, 0) is 12.7 Å². The number of aliphatic hydroxyl groups is 1. The highest BCUT2D eigenvalue weighted by molar-refractivity contribution is 5.45. The molecule has 0 aliphatic carbocycles. The maximum atomic E-state index is 13.2. The summed E-state index contributed by atoms with van der Waals surface area (Å²) in [7, 11) is 0. The van der Waals surface area contributed by atoms with Crippen LogP contribution in [0.25, 0.3) is 0 Å². The molecule has 28 heavy (non-hydrogen) atoms. The molecule has 11 heteroatoms. The molecule has 1 atom stereocenters. The summed E-state index contributed by atoms with van der Waals surface area (Å²) in [6.45, 7) is 3.32. The van der Waals surface area contributed by atoms with Crippen LogP contribution in [-0.4, -0.2) is 32.6 Å². The maximum Gasteiger partial charge on any atom is 0.433 e. The molecule has 0 bridgehead atoms. The molecular weight excluding hydrogens is 379 g/mol. The van der Waals surface area contributed by atoms with Crippen molar-refractivity contribution in [1.82, 2.24) is 9.97 Å². The molecule has 1 heterocycles. The van der Waals surface area contributed by atoms with Crippen molar-refractivity contribution in [3.8, 4) is 0 Å². The zero-order chi connectivity index (χ0) is 20.9. The second-order valence-corrected chi connectivity index (χ2v) is 6.42. The molecule has 0 fully saturated rings. The first-order valence-corrected chi connectivity index (χ1v) is 8.41. The van der Waals surface area contributed by atoms with E-state index in [0.29, 0.717) is 5.56 Å². The summed E-state index contributed by atoms with van der Waals surface area (Å²) in [5.74, 6) is -0.440. The number of alkyl halides is 3. The van der Waals surface area contributed by atoms with Crippen LogP contribution >= 0.6 is 0 Å². The van der Waals surface area contributed by atoms with Crippen LogP contribution < -0.4 is 10.6 Å². The van der Waals surface area contributed by atoms with E-state index in [-0.39, 0.29) is 36.5 Å². The first kappa shape index (κ1) is 21.4. The predicted octanol–water partition coefficient (Wildman–Crippen LogP) is 3.44. The molecule has 0 radical (unpaired) electrons. The largest absolute Gasteiger partial charge is 0.433 e. The summed E-state index contributed by atoms with van der Waals surface area (Å²) in [4.78, 5) is 17.8. The van der Waals surface area contributed by atoms with Crippen LogP contribution in [0.3, 0.4) is 0 Å². The number of halogens is 3. The van der Waals surface area contributed by atoms with Gasteiger partial charge in [0.05, 0.1) is 17.6 Å². The van der Waals surface area contributed by atoms with E-state index in [1.54, 1.807) is 19.9 Å². The number of hydrogen-bond acceptors (Lipinski definition) is 7. The molecule has 2 rings (SSSR count). The number of nitro benzene ring substituents is 1. The second kappa shape index (κ2) is 8.83. The number of anilines is 2. The molecule has 0 unspecified atom stereocenters. The van der Waals surface area contributed by atoms with Crippen molar-refractivity contribution in [2.75, 3.05) is 17.2 Å². The van der Waals surface area contributed by atoms with E-state index in [1.807, 2.05) is 0 Å². The average Bonchev–Trinajstić information content (AvgIpc) is 2.63. The van der Waals surface area contributed by atoms with E-state index < -0.39 is 22.8 Å². The van der Waals surface area contributed by atoms with Gasteiger partial charge in [-0.3, -0.25) is 10.1 Å². The van der Waals surface area contributed by atoms with Crippen LogP contribution in [0.15, 0.2) is 30.3 Å². The average molecular weight is 399 g/mol. The number of nitro groups is 1. The van der Waals surface area contributed by atoms with Gasteiger partial charge in [-0.2, -0.15) is 18.2 Å². The monoisotopic (exact) mass is 399 g/mol. The minimum atomic E-state index is -4.69. The van der Waals surface area contributed by atoms with E-state index >= 15 is 0 Å². The van der Waals surface area contributed by atoms with Crippen molar-refractivity contribution in [3.63, 3.8) is 0 Å². The quantitative estimate of drug-likeness (QED) is 0.460. The summed E-state index contributed by atoms with van der Waals surface area (Å²) in [5.41, 5.74) is -0.763. The third-order valence-electron chi connectivity index (χ3n) is 3.93. The molecule has 3 N–H and O–H groups in total. The lowest BCUT2D eigenvalue weighted by molar-refractivity contribution is -0.384. The minimum Gasteiger partial charge on any atom is -0.394 e. The minimum absolute atomic E-state index is 0.0308. The predicted molar refractivity (Wildman–Crippen MR) is 96.8 cm³/mol. The normalized spacial score (nSPS) is 12.7. The van der Waals surface area contributed by atoms with E-state index in [2.05, 4.69) is 20.6 Å². The third kappa shape index (κ3) is 5.78. The molecule has 1 aromatic carbocycles. The van der Waals surface area contributed by atoms with Crippen molar-refractivity contribution >= 4 is 17.5 Å². The van der Waals surface area contributed by atoms with Crippen LogP contribution in [0.5, 0.6) is 0 Å². The van der Waals surface area contributed by atoms with Crippen LogP contribution in [0.4, 0.5) is 30.6 Å². The number of non-ortho nitro benzene ring substituents is 1. The van der Waals surface area contributed by atoms with Gasteiger partial charge in [-0.1, -0.05) is 26.0 Å². The molecule has 0 saturated heterocycles. The third-order valence-corrected chi connectivity index (χ3v) is 3.93. The van der Waals surface area contributed by atoms with Gasteiger partial charge in [-0.05, 0) is 11.5 Å². The van der Waals surface area contributed by atoms with Gasteiger partial charge in [0.15, 0.2) is 5.69 Å². The number of aromatic nitrogens is 2. The highest BCUT2D eigenvalue weighted by Gasteiger charge is 2.34. The summed E-state index contributed by atoms with van der Waals surface area (Å²) in [6.07, 6.45) is -4.69. The van der Waals surface area contributed by atoms with Crippen molar-refractivity contribution in [2.24, 2.45) is 5.92 Å². The first-order chi connectivity index (χ1) is 13.1. The smallest absolute Gasteiger partial charge is 0.394 e. The lowest BCUT2D eigenvalue weighted by atomic mass is 10.1. The number of aliphatic hydroxyl groups excluding tert-OH is 1. The second-order valence-electron chi connectivity index (χ2n) is 6.42. The Bertz CT molecular complexity index is 830. The van der Waals surface area contributed by atoms with Crippen LogP contribution in [0, 0.1) is 16.0 Å². The topological polar surface area (TPSA) is 113 Å². The van der Waals surface area contributed by atoms with E-state index in [4.69, 9.17) is 0 Å². The SMILES string of the molecule is CC(C)[C@H](CO)Nc1nc(NCc2cccc([N+](=O)[O-])c2)cc(C(F)(F)F)n1. The van der Waals surface area contributed by atoms with Gasteiger partial charge in [-0.25, -0.2) is 4.98 Å². The Morgan fingerprint density at radius 1 is 1.25 bits per heavy atom. The van der Waals surface area contributed by atoms with E-state index in [0.717, 1.165) is 6.07 Å². The fourth-order valence-corrected chi connectivity index (χ4v) is 2.31. The van der Waals surface area contributed by atoms with Crippen LogP contribution in [0.2, 0.25) is 0 Å². The van der Waals surface area contributed by atoms with Gasteiger partial charge < -0.3 is 15.7 Å². The number of nitrogens with zero attached hydrogens (tertiary/aromatic N) is 3. The van der Waals surface area contributed by atoms with Gasteiger partial charge in [0, 0.05) is 24.7 Å². The Morgan fingerprint density at radius 3 is 2.54 bits per heavy atom. The number of benzene rings is 1. The Hall–Kier alpha value is -2.95. The number of rotatable bonds is 8. The highest BCUT2D eigenvalue weighted by atomic mass is 19.4. The molecule has 0 aliphatic rings. The first-order valence-electron chi connectivity index (χ1n) is 8.41. The molecule has 0 amide bonds. The Kier molecular flexibility index (Phi) is 6.73. The summed E-state index contributed by atoms with van der Waals surface area (Å²) in [6, 6.07) is 5.96.